The van der Waals surface area contributed by atoms with E-state index < -0.39 is 0 Å². The van der Waals surface area contributed by atoms with Crippen molar-refractivity contribution in [3.63, 3.8) is 0 Å². The molecule has 0 atom stereocenters. The van der Waals surface area contributed by atoms with Crippen LogP contribution in [0.5, 0.6) is 0 Å². The molecule has 1 N–H and O–H groups in total. The minimum atomic E-state index is 0.388. The summed E-state index contributed by atoms with van der Waals surface area (Å²) >= 11 is 0. The molecule has 1 fully saturated rings. The molecule has 0 bridgehead atoms. The zero-order valence-corrected chi connectivity index (χ0v) is 19.8. The Hall–Kier alpha value is -0.320. The van der Waals surface area contributed by atoms with Crippen molar-refractivity contribution in [2.45, 2.75) is 51.6 Å². The normalized spacial score (nSPS) is 15.0. The lowest BCUT2D eigenvalue weighted by Crippen LogP contribution is -2.33. The minimum Gasteiger partial charge on any atom is -0.379 e. The van der Waals surface area contributed by atoms with Gasteiger partial charge in [0.2, 0.25) is 0 Å². The average Bonchev–Trinajstić information content (AvgIpc) is 2.80. The molecule has 1 aliphatic heterocycles. The molecule has 0 spiro atoms. The Kier molecular flexibility index (Phi) is 22.5. The molecule has 0 radical (unpaired) electrons. The van der Waals surface area contributed by atoms with Crippen LogP contribution in [0, 0.1) is 0 Å². The maximum Gasteiger partial charge on any atom is 0.0704 e. The van der Waals surface area contributed by atoms with Crippen LogP contribution >= 0.6 is 0 Å². The van der Waals surface area contributed by atoms with Crippen molar-refractivity contribution < 1.29 is 33.2 Å². The summed E-state index contributed by atoms with van der Waals surface area (Å²) in [6.07, 6.45) is 7.52. The van der Waals surface area contributed by atoms with Crippen molar-refractivity contribution in [2.24, 2.45) is 0 Å². The van der Waals surface area contributed by atoms with E-state index in [0.29, 0.717) is 85.4 Å². The zero-order valence-electron chi connectivity index (χ0n) is 19.8. The van der Waals surface area contributed by atoms with Gasteiger partial charge in [0, 0.05) is 6.61 Å². The maximum absolute atomic E-state index is 5.78. The van der Waals surface area contributed by atoms with Crippen LogP contribution in [0.2, 0.25) is 0 Å². The molecule has 8 heteroatoms. The van der Waals surface area contributed by atoms with Crippen LogP contribution in [0.3, 0.4) is 0 Å². The molecule has 1 saturated heterocycles. The molecule has 1 rings (SSSR count). The fourth-order valence-corrected chi connectivity index (χ4v) is 3.07. The Bertz CT molecular complexity index is 344. The van der Waals surface area contributed by atoms with Gasteiger partial charge < -0.3 is 38.5 Å². The van der Waals surface area contributed by atoms with Crippen LogP contribution < -0.4 is 5.32 Å². The van der Waals surface area contributed by atoms with Crippen LogP contribution in [-0.4, -0.2) is 105 Å². The molecule has 186 valence electrons. The van der Waals surface area contributed by atoms with E-state index in [2.05, 4.69) is 12.2 Å². The van der Waals surface area contributed by atoms with Gasteiger partial charge in [0.05, 0.1) is 85.4 Å². The van der Waals surface area contributed by atoms with Gasteiger partial charge in [-0.05, 0) is 32.4 Å². The highest BCUT2D eigenvalue weighted by molar-refractivity contribution is 4.67. The second-order valence-electron chi connectivity index (χ2n) is 7.56. The Balaban J connectivity index is 1.62. The fourth-order valence-electron chi connectivity index (χ4n) is 3.07. The van der Waals surface area contributed by atoms with E-state index in [1.54, 1.807) is 0 Å². The zero-order chi connectivity index (χ0) is 22.1. The highest BCUT2D eigenvalue weighted by Gasteiger charge is 2.12. The van der Waals surface area contributed by atoms with Gasteiger partial charge in [-0.2, -0.15) is 0 Å². The molecular formula is C23H47NO7. The Morgan fingerprint density at radius 2 is 0.935 bits per heavy atom. The predicted molar refractivity (Wildman–Crippen MR) is 121 cm³/mol. The van der Waals surface area contributed by atoms with E-state index in [1.165, 1.54) is 19.3 Å². The molecule has 0 amide bonds. The van der Waals surface area contributed by atoms with Gasteiger partial charge in [-0.25, -0.2) is 0 Å². The predicted octanol–water partition coefficient (Wildman–Crippen LogP) is 2.43. The van der Waals surface area contributed by atoms with E-state index in [0.717, 1.165) is 39.0 Å². The van der Waals surface area contributed by atoms with Gasteiger partial charge in [-0.15, -0.1) is 0 Å². The molecular weight excluding hydrogens is 402 g/mol. The van der Waals surface area contributed by atoms with Crippen molar-refractivity contribution in [1.82, 2.24) is 5.32 Å². The summed E-state index contributed by atoms with van der Waals surface area (Å²) in [5.41, 5.74) is 0. The number of hydrogen-bond donors (Lipinski definition) is 1. The summed E-state index contributed by atoms with van der Waals surface area (Å²) < 4.78 is 38.7. The first kappa shape index (κ1) is 28.7. The average molecular weight is 450 g/mol. The number of rotatable bonds is 24. The number of piperidine rings is 1. The summed E-state index contributed by atoms with van der Waals surface area (Å²) in [6, 6.07) is 0. The summed E-state index contributed by atoms with van der Waals surface area (Å²) in [4.78, 5) is 0. The fraction of sp³-hybridized carbons (Fsp3) is 1.00. The molecule has 0 aromatic heterocycles. The van der Waals surface area contributed by atoms with E-state index >= 15 is 0 Å². The van der Waals surface area contributed by atoms with Gasteiger partial charge >= 0.3 is 0 Å². The number of unbranched alkanes of at least 4 members (excludes halogenated alkanes) is 3. The molecule has 31 heavy (non-hydrogen) atoms. The van der Waals surface area contributed by atoms with Crippen LogP contribution in [0.1, 0.15) is 45.4 Å². The van der Waals surface area contributed by atoms with Gasteiger partial charge in [0.1, 0.15) is 0 Å². The SMILES string of the molecule is CCCCCCOCCOCCOCCOCCOCCOCCOC1CCNCC1. The third-order valence-corrected chi connectivity index (χ3v) is 4.87. The quantitative estimate of drug-likeness (QED) is 0.225. The van der Waals surface area contributed by atoms with Crippen LogP contribution in [0.25, 0.3) is 0 Å². The van der Waals surface area contributed by atoms with Crippen molar-refractivity contribution in [2.75, 3.05) is 99.0 Å². The topological polar surface area (TPSA) is 76.6 Å². The van der Waals surface area contributed by atoms with Gasteiger partial charge in [0.25, 0.3) is 0 Å². The molecule has 8 nitrogen and oxygen atoms in total. The third-order valence-electron chi connectivity index (χ3n) is 4.87. The Morgan fingerprint density at radius 1 is 0.516 bits per heavy atom. The van der Waals surface area contributed by atoms with E-state index in [-0.39, 0.29) is 0 Å². The third kappa shape index (κ3) is 21.3. The second kappa shape index (κ2) is 24.3. The molecule has 1 aliphatic rings. The largest absolute Gasteiger partial charge is 0.379 e. The van der Waals surface area contributed by atoms with Crippen molar-refractivity contribution >= 4 is 0 Å². The van der Waals surface area contributed by atoms with Gasteiger partial charge in [-0.1, -0.05) is 26.2 Å². The molecule has 1 heterocycles. The first-order chi connectivity index (χ1) is 15.4. The van der Waals surface area contributed by atoms with E-state index in [9.17, 15) is 0 Å². The number of ether oxygens (including phenoxy) is 7. The summed E-state index contributed by atoms with van der Waals surface area (Å²) in [5.74, 6) is 0. The van der Waals surface area contributed by atoms with Crippen LogP contribution in [-0.2, 0) is 33.2 Å². The lowest BCUT2D eigenvalue weighted by Gasteiger charge is -2.22. The molecule has 0 aliphatic carbocycles. The Labute approximate surface area is 189 Å². The summed E-state index contributed by atoms with van der Waals surface area (Å²) in [5, 5.41) is 3.33. The Morgan fingerprint density at radius 3 is 1.39 bits per heavy atom. The number of nitrogens with one attached hydrogen (secondary N) is 1. The van der Waals surface area contributed by atoms with Crippen LogP contribution in [0.4, 0.5) is 0 Å². The van der Waals surface area contributed by atoms with Crippen molar-refractivity contribution in [1.29, 1.82) is 0 Å². The smallest absolute Gasteiger partial charge is 0.0704 e. The molecule has 0 aromatic carbocycles. The van der Waals surface area contributed by atoms with Gasteiger partial charge in [-0.3, -0.25) is 0 Å². The maximum atomic E-state index is 5.78. The summed E-state index contributed by atoms with van der Waals surface area (Å²) in [7, 11) is 0. The van der Waals surface area contributed by atoms with E-state index in [1.807, 2.05) is 0 Å². The lowest BCUT2D eigenvalue weighted by molar-refractivity contribution is -0.0306. The summed E-state index contributed by atoms with van der Waals surface area (Å²) in [6.45, 7) is 12.3. The molecule has 0 aromatic rings. The number of hydrogen-bond acceptors (Lipinski definition) is 8. The lowest BCUT2D eigenvalue weighted by atomic mass is 10.1. The van der Waals surface area contributed by atoms with Crippen molar-refractivity contribution in [3.8, 4) is 0 Å². The first-order valence-electron chi connectivity index (χ1n) is 12.2. The molecule has 0 saturated carbocycles. The second-order valence-corrected chi connectivity index (χ2v) is 7.56. The van der Waals surface area contributed by atoms with Gasteiger partial charge in [0.15, 0.2) is 0 Å². The van der Waals surface area contributed by atoms with Crippen LogP contribution in [0.15, 0.2) is 0 Å². The van der Waals surface area contributed by atoms with Crippen molar-refractivity contribution in [3.05, 3.63) is 0 Å². The highest BCUT2D eigenvalue weighted by Crippen LogP contribution is 2.06. The standard InChI is InChI=1S/C23H47NO7/c1-2-3-4-5-10-25-11-12-26-13-14-27-15-16-28-17-18-29-19-20-30-21-22-31-23-6-8-24-9-7-23/h23-24H,2-22H2,1H3. The first-order valence-corrected chi connectivity index (χ1v) is 12.2. The minimum absolute atomic E-state index is 0.388. The highest BCUT2D eigenvalue weighted by atomic mass is 16.6. The monoisotopic (exact) mass is 449 g/mol. The molecule has 0 unspecified atom stereocenters. The van der Waals surface area contributed by atoms with E-state index in [4.69, 9.17) is 33.2 Å².